The normalized spacial score (nSPS) is 10.4. The van der Waals surface area contributed by atoms with Crippen LogP contribution in [0, 0.1) is 6.92 Å². The highest BCUT2D eigenvalue weighted by atomic mass is 32.1. The lowest BCUT2D eigenvalue weighted by Crippen LogP contribution is -1.99. The number of nitrogens with one attached hydrogen (secondary N) is 2. The van der Waals surface area contributed by atoms with Crippen LogP contribution in [0.25, 0.3) is 0 Å². The van der Waals surface area contributed by atoms with Crippen molar-refractivity contribution >= 4 is 22.6 Å². The lowest BCUT2D eigenvalue weighted by atomic mass is 10.3. The van der Waals surface area contributed by atoms with Crippen molar-refractivity contribution in [2.24, 2.45) is 0 Å². The first-order chi connectivity index (χ1) is 6.75. The van der Waals surface area contributed by atoms with Crippen molar-refractivity contribution in [3.05, 3.63) is 17.5 Å². The molecule has 0 aliphatic heterocycles. The lowest BCUT2D eigenvalue weighted by Gasteiger charge is -1.99. The molecule has 2 aromatic rings. The number of nitrogen functional groups attached to an aromatic ring is 1. The maximum absolute atomic E-state index is 5.39. The number of nitrogens with two attached hydrogens (primary N) is 1. The van der Waals surface area contributed by atoms with Crippen LogP contribution in [0.5, 0.6) is 0 Å². The van der Waals surface area contributed by atoms with Crippen LogP contribution < -0.4 is 11.1 Å². The van der Waals surface area contributed by atoms with E-state index in [-0.39, 0.29) is 0 Å². The summed E-state index contributed by atoms with van der Waals surface area (Å²) in [5.41, 5.74) is 7.55. The summed E-state index contributed by atoms with van der Waals surface area (Å²) in [5.74, 6) is 0.307. The Morgan fingerprint density at radius 1 is 1.64 bits per heavy atom. The van der Waals surface area contributed by atoms with Gasteiger partial charge in [0.05, 0.1) is 6.20 Å². The van der Waals surface area contributed by atoms with Crippen molar-refractivity contribution in [1.29, 1.82) is 0 Å². The Kier molecular flexibility index (Phi) is 2.32. The van der Waals surface area contributed by atoms with E-state index in [0.29, 0.717) is 12.5 Å². The number of nitrogens with zero attached hydrogens (tertiary/aromatic N) is 3. The smallest absolute Gasteiger partial charge is 0.233 e. The first-order valence-electron chi connectivity index (χ1n) is 4.07. The Bertz CT molecular complexity index is 419. The molecular formula is C7H10N6S. The average Bonchev–Trinajstić information content (AvgIpc) is 2.72. The van der Waals surface area contributed by atoms with E-state index < -0.39 is 0 Å². The molecule has 0 saturated heterocycles. The molecule has 0 saturated carbocycles. The van der Waals surface area contributed by atoms with Gasteiger partial charge in [0.25, 0.3) is 0 Å². The van der Waals surface area contributed by atoms with Gasteiger partial charge in [0.2, 0.25) is 11.1 Å². The Balaban J connectivity index is 1.98. The minimum Gasteiger partial charge on any atom is -0.367 e. The molecule has 74 valence electrons. The second-order valence-electron chi connectivity index (χ2n) is 2.83. The number of anilines is 2. The Labute approximate surface area is 84.7 Å². The fourth-order valence-electron chi connectivity index (χ4n) is 1.03. The number of aromatic amines is 1. The van der Waals surface area contributed by atoms with Crippen LogP contribution in [0.15, 0.2) is 6.20 Å². The van der Waals surface area contributed by atoms with Gasteiger partial charge in [0.1, 0.15) is 0 Å². The monoisotopic (exact) mass is 210 g/mol. The lowest BCUT2D eigenvalue weighted by molar-refractivity contribution is 1.04. The third-order valence-electron chi connectivity index (χ3n) is 1.81. The fourth-order valence-corrected chi connectivity index (χ4v) is 1.52. The molecule has 14 heavy (non-hydrogen) atoms. The van der Waals surface area contributed by atoms with Gasteiger partial charge >= 0.3 is 0 Å². The number of aryl methyl sites for hydroxylation is 1. The zero-order valence-corrected chi connectivity index (χ0v) is 8.43. The van der Waals surface area contributed by atoms with E-state index in [1.807, 2.05) is 6.92 Å². The molecule has 0 aliphatic rings. The molecule has 0 radical (unpaired) electrons. The highest BCUT2D eigenvalue weighted by molar-refractivity contribution is 7.09. The molecule has 0 spiro atoms. The molecule has 0 bridgehead atoms. The average molecular weight is 210 g/mol. The highest BCUT2D eigenvalue weighted by Gasteiger charge is 2.02. The highest BCUT2D eigenvalue weighted by Crippen LogP contribution is 2.13. The van der Waals surface area contributed by atoms with Crippen LogP contribution in [-0.4, -0.2) is 19.6 Å². The minimum absolute atomic E-state index is 0.307. The maximum atomic E-state index is 5.39. The molecule has 0 unspecified atom stereocenters. The van der Waals surface area contributed by atoms with E-state index in [4.69, 9.17) is 5.73 Å². The van der Waals surface area contributed by atoms with E-state index >= 15 is 0 Å². The van der Waals surface area contributed by atoms with E-state index in [0.717, 1.165) is 16.4 Å². The maximum Gasteiger partial charge on any atom is 0.233 e. The third-order valence-corrected chi connectivity index (χ3v) is 2.49. The zero-order chi connectivity index (χ0) is 9.97. The molecule has 0 atom stereocenters. The molecule has 0 aliphatic carbocycles. The first kappa shape index (κ1) is 8.95. The van der Waals surface area contributed by atoms with Crippen LogP contribution >= 0.6 is 11.5 Å². The van der Waals surface area contributed by atoms with Gasteiger partial charge in [-0.15, -0.1) is 0 Å². The second kappa shape index (κ2) is 3.62. The van der Waals surface area contributed by atoms with Crippen molar-refractivity contribution in [3.63, 3.8) is 0 Å². The Morgan fingerprint density at radius 3 is 3.07 bits per heavy atom. The van der Waals surface area contributed by atoms with E-state index in [2.05, 4.69) is 24.9 Å². The summed E-state index contributed by atoms with van der Waals surface area (Å²) >= 11 is 1.25. The largest absolute Gasteiger partial charge is 0.367 e. The summed E-state index contributed by atoms with van der Waals surface area (Å²) in [4.78, 5) is 3.98. The predicted octanol–water partition coefficient (Wildman–Crippen LogP) is 0.764. The summed E-state index contributed by atoms with van der Waals surface area (Å²) in [6.07, 6.45) is 1.78. The summed E-state index contributed by atoms with van der Waals surface area (Å²) in [7, 11) is 0. The van der Waals surface area contributed by atoms with Crippen LogP contribution in [0.2, 0.25) is 0 Å². The Morgan fingerprint density at radius 2 is 2.50 bits per heavy atom. The molecule has 0 amide bonds. The number of aromatic nitrogens is 4. The van der Waals surface area contributed by atoms with Crippen LogP contribution in [0.3, 0.4) is 0 Å². The summed E-state index contributed by atoms with van der Waals surface area (Å²) in [6, 6.07) is 0. The van der Waals surface area contributed by atoms with Crippen molar-refractivity contribution < 1.29 is 0 Å². The predicted molar refractivity (Wildman–Crippen MR) is 55.0 cm³/mol. The van der Waals surface area contributed by atoms with Gasteiger partial charge in [0.15, 0.2) is 0 Å². The molecule has 6 nitrogen and oxygen atoms in total. The van der Waals surface area contributed by atoms with Crippen molar-refractivity contribution in [1.82, 2.24) is 19.6 Å². The van der Waals surface area contributed by atoms with Gasteiger partial charge in [0, 0.05) is 29.3 Å². The van der Waals surface area contributed by atoms with E-state index in [9.17, 15) is 0 Å². The minimum atomic E-state index is 0.307. The van der Waals surface area contributed by atoms with Gasteiger partial charge < -0.3 is 11.1 Å². The molecule has 0 aromatic carbocycles. The standard InChI is InChI=1S/C7H10N6S/c1-4-5(3-10-12-4)2-9-7-11-6(8)13-14-7/h3H,2H2,1H3,(H,10,12)(H3,8,9,11,13). The Hall–Kier alpha value is -1.63. The van der Waals surface area contributed by atoms with Crippen molar-refractivity contribution in [2.45, 2.75) is 13.5 Å². The van der Waals surface area contributed by atoms with Gasteiger partial charge in [-0.25, -0.2) is 0 Å². The molecule has 7 heteroatoms. The summed E-state index contributed by atoms with van der Waals surface area (Å²) < 4.78 is 3.86. The third kappa shape index (κ3) is 1.82. The fraction of sp³-hybridized carbons (Fsp3) is 0.286. The molecule has 2 heterocycles. The molecule has 4 N–H and O–H groups in total. The zero-order valence-electron chi connectivity index (χ0n) is 7.61. The van der Waals surface area contributed by atoms with Crippen LogP contribution in [0.4, 0.5) is 11.1 Å². The summed E-state index contributed by atoms with van der Waals surface area (Å²) in [6.45, 7) is 2.65. The molecule has 0 fully saturated rings. The molecule has 2 aromatic heterocycles. The summed E-state index contributed by atoms with van der Waals surface area (Å²) in [5, 5.41) is 10.6. The van der Waals surface area contributed by atoms with E-state index in [1.54, 1.807) is 6.20 Å². The van der Waals surface area contributed by atoms with Crippen LogP contribution in [-0.2, 0) is 6.54 Å². The van der Waals surface area contributed by atoms with Gasteiger partial charge in [-0.05, 0) is 6.92 Å². The van der Waals surface area contributed by atoms with Gasteiger partial charge in [-0.3, -0.25) is 5.10 Å². The topological polar surface area (TPSA) is 92.5 Å². The number of H-pyrrole nitrogens is 1. The second-order valence-corrected chi connectivity index (χ2v) is 3.58. The van der Waals surface area contributed by atoms with Crippen molar-refractivity contribution in [3.8, 4) is 0 Å². The van der Waals surface area contributed by atoms with Crippen molar-refractivity contribution in [2.75, 3.05) is 11.1 Å². The molecular weight excluding hydrogens is 200 g/mol. The van der Waals surface area contributed by atoms with E-state index in [1.165, 1.54) is 11.5 Å². The van der Waals surface area contributed by atoms with Crippen LogP contribution in [0.1, 0.15) is 11.3 Å². The SMILES string of the molecule is Cc1[nH]ncc1CNc1nc(N)ns1. The first-order valence-corrected chi connectivity index (χ1v) is 4.85. The number of hydrogen-bond donors (Lipinski definition) is 3. The van der Waals surface area contributed by atoms with Gasteiger partial charge in [-0.2, -0.15) is 14.5 Å². The number of rotatable bonds is 3. The van der Waals surface area contributed by atoms with Gasteiger partial charge in [-0.1, -0.05) is 0 Å². The quantitative estimate of drug-likeness (QED) is 0.695. The number of hydrogen-bond acceptors (Lipinski definition) is 6. The molecule has 2 rings (SSSR count).